The number of primary sulfonamides is 1. The molecule has 114 valence electrons. The van der Waals surface area contributed by atoms with Gasteiger partial charge >= 0.3 is 0 Å². The van der Waals surface area contributed by atoms with Gasteiger partial charge in [-0.15, -0.1) is 5.10 Å². The maximum Gasteiger partial charge on any atom is 0.238 e. The summed E-state index contributed by atoms with van der Waals surface area (Å²) in [5.74, 6) is 0.427. The second kappa shape index (κ2) is 5.92. The summed E-state index contributed by atoms with van der Waals surface area (Å²) < 4.78 is 24.2. The van der Waals surface area contributed by atoms with Crippen molar-refractivity contribution >= 4 is 10.0 Å². The third-order valence-corrected chi connectivity index (χ3v) is 3.98. The predicted octanol–water partition coefficient (Wildman–Crippen LogP) is 0.572. The molecule has 0 amide bonds. The zero-order valence-corrected chi connectivity index (χ0v) is 12.8. The van der Waals surface area contributed by atoms with Gasteiger partial charge in [0.1, 0.15) is 0 Å². The van der Waals surface area contributed by atoms with Crippen LogP contribution in [0.1, 0.15) is 25.2 Å². The minimum atomic E-state index is -3.70. The van der Waals surface area contributed by atoms with Crippen LogP contribution in [0.3, 0.4) is 0 Å². The van der Waals surface area contributed by atoms with E-state index in [0.717, 1.165) is 23.5 Å². The number of hydrogen-bond acceptors (Lipinski definition) is 5. The lowest BCUT2D eigenvalue weighted by molar-refractivity contribution is 0.597. The Morgan fingerprint density at radius 3 is 2.33 bits per heavy atom. The van der Waals surface area contributed by atoms with E-state index in [4.69, 9.17) is 10.9 Å². The molecule has 0 aliphatic rings. The summed E-state index contributed by atoms with van der Waals surface area (Å²) in [4.78, 5) is 0.0656. The molecule has 0 atom stereocenters. The highest BCUT2D eigenvalue weighted by Crippen LogP contribution is 2.18. The Morgan fingerprint density at radius 2 is 1.86 bits per heavy atom. The fourth-order valence-corrected chi connectivity index (χ4v) is 2.58. The molecule has 21 heavy (non-hydrogen) atoms. The average molecular weight is 309 g/mol. The summed E-state index contributed by atoms with van der Waals surface area (Å²) in [5.41, 5.74) is 8.10. The van der Waals surface area contributed by atoms with Gasteiger partial charge in [0.25, 0.3) is 0 Å². The molecule has 0 spiro atoms. The molecule has 0 aliphatic carbocycles. The highest BCUT2D eigenvalue weighted by molar-refractivity contribution is 7.89. The molecule has 0 unspecified atom stereocenters. The largest absolute Gasteiger partial charge is 0.325 e. The van der Waals surface area contributed by atoms with Crippen LogP contribution in [0.4, 0.5) is 0 Å². The zero-order chi connectivity index (χ0) is 15.6. The molecule has 7 nitrogen and oxygen atoms in total. The standard InChI is InChI=1S/C13H19N5O2S/c1-9(2)7-13-12(8-14)16-17-18(13)10-3-5-11(6-4-10)21(15,19)20/h3-6,9H,7-8,14H2,1-2H3,(H2,15,19,20). The highest BCUT2D eigenvalue weighted by atomic mass is 32.2. The molecule has 1 heterocycles. The fraction of sp³-hybridized carbons (Fsp3) is 0.385. The second-order valence-electron chi connectivity index (χ2n) is 5.24. The van der Waals surface area contributed by atoms with Gasteiger partial charge in [-0.3, -0.25) is 0 Å². The fourth-order valence-electron chi connectivity index (χ4n) is 2.07. The average Bonchev–Trinajstić information content (AvgIpc) is 2.80. The van der Waals surface area contributed by atoms with Crippen LogP contribution in [0.15, 0.2) is 29.2 Å². The van der Waals surface area contributed by atoms with Gasteiger partial charge < -0.3 is 5.73 Å². The molecule has 2 aromatic rings. The van der Waals surface area contributed by atoms with Gasteiger partial charge in [0, 0.05) is 6.54 Å². The van der Waals surface area contributed by atoms with Crippen LogP contribution in [0, 0.1) is 5.92 Å². The van der Waals surface area contributed by atoms with Gasteiger partial charge in [-0.1, -0.05) is 19.1 Å². The normalized spacial score (nSPS) is 12.0. The van der Waals surface area contributed by atoms with Gasteiger partial charge in [0.2, 0.25) is 10.0 Å². The van der Waals surface area contributed by atoms with Crippen LogP contribution in [0.25, 0.3) is 5.69 Å². The van der Waals surface area contributed by atoms with E-state index in [1.54, 1.807) is 16.8 Å². The van der Waals surface area contributed by atoms with Crippen LogP contribution in [0.5, 0.6) is 0 Å². The topological polar surface area (TPSA) is 117 Å². The van der Waals surface area contributed by atoms with Crippen molar-refractivity contribution in [3.8, 4) is 5.69 Å². The lowest BCUT2D eigenvalue weighted by Gasteiger charge is -2.10. The molecule has 1 aromatic heterocycles. The van der Waals surface area contributed by atoms with Crippen LogP contribution in [0.2, 0.25) is 0 Å². The lowest BCUT2D eigenvalue weighted by Crippen LogP contribution is -2.12. The second-order valence-corrected chi connectivity index (χ2v) is 6.80. The number of hydrogen-bond donors (Lipinski definition) is 2. The Kier molecular flexibility index (Phi) is 4.40. The number of sulfonamides is 1. The molecule has 1 aromatic carbocycles. The summed E-state index contributed by atoms with van der Waals surface area (Å²) in [5, 5.41) is 13.3. The lowest BCUT2D eigenvalue weighted by atomic mass is 10.1. The zero-order valence-electron chi connectivity index (χ0n) is 12.0. The predicted molar refractivity (Wildman–Crippen MR) is 79.2 cm³/mol. The number of nitrogens with two attached hydrogens (primary N) is 2. The van der Waals surface area contributed by atoms with Crippen molar-refractivity contribution < 1.29 is 8.42 Å². The molecular weight excluding hydrogens is 290 g/mol. The summed E-state index contributed by atoms with van der Waals surface area (Å²) in [6.07, 6.45) is 0.788. The Bertz CT molecular complexity index is 720. The molecule has 8 heteroatoms. The molecule has 4 N–H and O–H groups in total. The van der Waals surface area contributed by atoms with E-state index in [2.05, 4.69) is 24.2 Å². The Morgan fingerprint density at radius 1 is 1.24 bits per heavy atom. The van der Waals surface area contributed by atoms with E-state index in [-0.39, 0.29) is 4.90 Å². The third-order valence-electron chi connectivity index (χ3n) is 3.05. The van der Waals surface area contributed by atoms with Crippen molar-refractivity contribution in [1.82, 2.24) is 15.0 Å². The number of benzene rings is 1. The minimum absolute atomic E-state index is 0.0656. The Labute approximate surface area is 124 Å². The number of rotatable bonds is 5. The van der Waals surface area contributed by atoms with E-state index in [1.165, 1.54) is 12.1 Å². The molecule has 0 aliphatic heterocycles. The van der Waals surface area contributed by atoms with Crippen molar-refractivity contribution in [2.75, 3.05) is 0 Å². The van der Waals surface area contributed by atoms with Crippen molar-refractivity contribution in [1.29, 1.82) is 0 Å². The quantitative estimate of drug-likeness (QED) is 0.837. The first-order valence-electron chi connectivity index (χ1n) is 6.59. The molecular formula is C13H19N5O2S. The summed E-state index contributed by atoms with van der Waals surface area (Å²) in [6.45, 7) is 4.51. The van der Waals surface area contributed by atoms with Crippen molar-refractivity contribution in [2.24, 2.45) is 16.8 Å². The van der Waals surface area contributed by atoms with Crippen LogP contribution < -0.4 is 10.9 Å². The van der Waals surface area contributed by atoms with E-state index in [1.807, 2.05) is 0 Å². The molecule has 0 saturated heterocycles. The van der Waals surface area contributed by atoms with Gasteiger partial charge in [0.15, 0.2) is 0 Å². The van der Waals surface area contributed by atoms with Gasteiger partial charge in [0.05, 0.1) is 22.0 Å². The van der Waals surface area contributed by atoms with Crippen molar-refractivity contribution in [3.05, 3.63) is 35.7 Å². The van der Waals surface area contributed by atoms with Crippen molar-refractivity contribution in [2.45, 2.75) is 31.7 Å². The van der Waals surface area contributed by atoms with Crippen LogP contribution >= 0.6 is 0 Å². The first kappa shape index (κ1) is 15.6. The third kappa shape index (κ3) is 3.46. The Hall–Kier alpha value is -1.77. The SMILES string of the molecule is CC(C)Cc1c(CN)nnn1-c1ccc(S(N)(=O)=O)cc1. The van der Waals surface area contributed by atoms with E-state index in [9.17, 15) is 8.42 Å². The molecule has 0 radical (unpaired) electrons. The monoisotopic (exact) mass is 309 g/mol. The summed E-state index contributed by atoms with van der Waals surface area (Å²) >= 11 is 0. The van der Waals surface area contributed by atoms with Gasteiger partial charge in [-0.25, -0.2) is 18.2 Å². The first-order valence-corrected chi connectivity index (χ1v) is 8.14. The summed E-state index contributed by atoms with van der Waals surface area (Å²) in [7, 11) is -3.70. The minimum Gasteiger partial charge on any atom is -0.325 e. The first-order chi connectivity index (χ1) is 9.82. The maximum atomic E-state index is 11.3. The van der Waals surface area contributed by atoms with E-state index in [0.29, 0.717) is 12.5 Å². The van der Waals surface area contributed by atoms with Crippen molar-refractivity contribution in [3.63, 3.8) is 0 Å². The highest BCUT2D eigenvalue weighted by Gasteiger charge is 2.15. The molecule has 0 saturated carbocycles. The number of aromatic nitrogens is 3. The van der Waals surface area contributed by atoms with Crippen LogP contribution in [-0.2, 0) is 23.0 Å². The van der Waals surface area contributed by atoms with Gasteiger partial charge in [-0.05, 0) is 36.6 Å². The van der Waals surface area contributed by atoms with E-state index < -0.39 is 10.0 Å². The molecule has 0 fully saturated rings. The van der Waals surface area contributed by atoms with Gasteiger partial charge in [-0.2, -0.15) is 0 Å². The smallest absolute Gasteiger partial charge is 0.238 e. The number of nitrogens with zero attached hydrogens (tertiary/aromatic N) is 3. The Balaban J connectivity index is 2.44. The molecule has 0 bridgehead atoms. The van der Waals surface area contributed by atoms with E-state index >= 15 is 0 Å². The van der Waals surface area contributed by atoms with Crippen LogP contribution in [-0.4, -0.2) is 23.4 Å². The maximum absolute atomic E-state index is 11.3. The summed E-state index contributed by atoms with van der Waals surface area (Å²) in [6, 6.07) is 6.21. The molecule has 2 rings (SSSR count).